The van der Waals surface area contributed by atoms with Crippen molar-refractivity contribution in [1.82, 2.24) is 4.31 Å². The quantitative estimate of drug-likeness (QED) is 0.867. The van der Waals surface area contributed by atoms with Gasteiger partial charge in [0.25, 0.3) is 0 Å². The number of sulfonamides is 1. The molecule has 0 saturated carbocycles. The number of carbonyl (C=O) groups is 1. The molecule has 0 amide bonds. The Morgan fingerprint density at radius 1 is 1.45 bits per heavy atom. The Hall–Kier alpha value is -0.990. The third kappa shape index (κ3) is 3.18. The van der Waals surface area contributed by atoms with E-state index in [2.05, 4.69) is 15.9 Å². The Balaban J connectivity index is 3.58. The van der Waals surface area contributed by atoms with Crippen LogP contribution in [0.3, 0.4) is 0 Å². The molecule has 8 heteroatoms. The average molecular weight is 368 g/mol. The van der Waals surface area contributed by atoms with E-state index in [1.54, 1.807) is 20.8 Å². The van der Waals surface area contributed by atoms with Crippen molar-refractivity contribution in [3.05, 3.63) is 28.0 Å². The summed E-state index contributed by atoms with van der Waals surface area (Å²) in [4.78, 5) is 10.3. The number of aromatic carboxylic acids is 1. The van der Waals surface area contributed by atoms with Crippen LogP contribution in [0.15, 0.2) is 21.5 Å². The van der Waals surface area contributed by atoms with Gasteiger partial charge in [-0.3, -0.25) is 0 Å². The van der Waals surface area contributed by atoms with E-state index in [1.165, 1.54) is 0 Å². The molecule has 0 saturated heterocycles. The predicted molar refractivity (Wildman–Crippen MR) is 75.8 cm³/mol. The Kier molecular flexibility index (Phi) is 5.28. The van der Waals surface area contributed by atoms with Crippen molar-refractivity contribution >= 4 is 31.9 Å². The molecule has 0 bridgehead atoms. The molecule has 1 rings (SSSR count). The maximum atomic E-state index is 14.2. The molecule has 0 heterocycles. The van der Waals surface area contributed by atoms with Crippen LogP contribution in [-0.4, -0.2) is 36.4 Å². The highest BCUT2D eigenvalue weighted by Crippen LogP contribution is 2.27. The van der Waals surface area contributed by atoms with E-state index in [0.717, 1.165) is 16.4 Å². The fraction of sp³-hybridized carbons (Fsp3) is 0.417. The van der Waals surface area contributed by atoms with Crippen LogP contribution in [0.5, 0.6) is 0 Å². The van der Waals surface area contributed by atoms with Gasteiger partial charge in [-0.15, -0.1) is 0 Å². The minimum absolute atomic E-state index is 0.161. The van der Waals surface area contributed by atoms with Crippen molar-refractivity contribution in [2.45, 2.75) is 31.7 Å². The highest BCUT2D eigenvalue weighted by Gasteiger charge is 2.31. The Morgan fingerprint density at radius 2 is 2.00 bits per heavy atom. The molecule has 0 aliphatic rings. The summed E-state index contributed by atoms with van der Waals surface area (Å²) in [7, 11) is -4.09. The molecule has 0 aliphatic heterocycles. The molecule has 0 spiro atoms. The van der Waals surface area contributed by atoms with Gasteiger partial charge in [0.2, 0.25) is 10.0 Å². The van der Waals surface area contributed by atoms with E-state index in [1.807, 2.05) is 0 Å². The molecule has 0 radical (unpaired) electrons. The van der Waals surface area contributed by atoms with Crippen LogP contribution in [0.1, 0.15) is 31.1 Å². The summed E-state index contributed by atoms with van der Waals surface area (Å²) in [6.45, 7) is 5.12. The third-order valence-corrected chi connectivity index (χ3v) is 5.32. The summed E-state index contributed by atoms with van der Waals surface area (Å²) in [5, 5.41) is 8.92. The maximum absolute atomic E-state index is 14.2. The molecule has 0 aliphatic carbocycles. The maximum Gasteiger partial charge on any atom is 0.338 e. The lowest BCUT2D eigenvalue weighted by molar-refractivity contribution is 0.0691. The fourth-order valence-corrected chi connectivity index (χ4v) is 4.22. The van der Waals surface area contributed by atoms with Crippen LogP contribution in [0.25, 0.3) is 0 Å². The molecule has 1 aromatic rings. The molecule has 0 atom stereocenters. The number of carboxylic acids is 1. The summed E-state index contributed by atoms with van der Waals surface area (Å²) in [5.74, 6) is -2.77. The highest BCUT2D eigenvalue weighted by atomic mass is 79.9. The molecule has 1 aromatic carbocycles. The van der Waals surface area contributed by atoms with Crippen LogP contribution in [0.2, 0.25) is 0 Å². The number of hydrogen-bond acceptors (Lipinski definition) is 3. The average Bonchev–Trinajstić information content (AvgIpc) is 2.31. The van der Waals surface area contributed by atoms with Crippen LogP contribution >= 0.6 is 15.9 Å². The Labute approximate surface area is 125 Å². The second-order valence-electron chi connectivity index (χ2n) is 4.37. The lowest BCUT2D eigenvalue weighted by atomic mass is 10.2. The minimum Gasteiger partial charge on any atom is -0.478 e. The molecular formula is C12H15BrFNO4S. The fourth-order valence-electron chi connectivity index (χ4n) is 1.85. The molecule has 0 fully saturated rings. The molecule has 112 valence electrons. The zero-order chi connectivity index (χ0) is 15.7. The van der Waals surface area contributed by atoms with Gasteiger partial charge < -0.3 is 5.11 Å². The number of halogens is 2. The smallest absolute Gasteiger partial charge is 0.338 e. The summed E-state index contributed by atoms with van der Waals surface area (Å²) in [5.41, 5.74) is -0.683. The van der Waals surface area contributed by atoms with Gasteiger partial charge in [-0.25, -0.2) is 17.6 Å². The number of benzene rings is 1. The molecule has 1 N–H and O–H groups in total. The topological polar surface area (TPSA) is 74.7 Å². The second-order valence-corrected chi connectivity index (χ2v) is 7.15. The van der Waals surface area contributed by atoms with E-state index in [0.29, 0.717) is 0 Å². The van der Waals surface area contributed by atoms with Crippen molar-refractivity contribution in [1.29, 1.82) is 0 Å². The Bertz CT molecular complexity index is 631. The summed E-state index contributed by atoms with van der Waals surface area (Å²) in [6, 6.07) is 1.74. The monoisotopic (exact) mass is 367 g/mol. The molecule has 0 unspecified atom stereocenters. The van der Waals surface area contributed by atoms with Gasteiger partial charge in [0, 0.05) is 17.1 Å². The number of rotatable bonds is 5. The lowest BCUT2D eigenvalue weighted by Gasteiger charge is -2.24. The van der Waals surface area contributed by atoms with E-state index in [-0.39, 0.29) is 17.1 Å². The third-order valence-electron chi connectivity index (χ3n) is 2.71. The molecule has 0 aromatic heterocycles. The summed E-state index contributed by atoms with van der Waals surface area (Å²) in [6.07, 6.45) is 0. The lowest BCUT2D eigenvalue weighted by Crippen LogP contribution is -2.37. The Morgan fingerprint density at radius 3 is 2.40 bits per heavy atom. The SMILES string of the molecule is CCN(C(C)C)S(=O)(=O)c1cc(Br)cc(C(=O)O)c1F. The van der Waals surface area contributed by atoms with Gasteiger partial charge in [0.05, 0.1) is 5.56 Å². The first-order valence-electron chi connectivity index (χ1n) is 5.87. The largest absolute Gasteiger partial charge is 0.478 e. The first-order chi connectivity index (χ1) is 9.12. The van der Waals surface area contributed by atoms with Crippen LogP contribution < -0.4 is 0 Å². The van der Waals surface area contributed by atoms with Crippen LogP contribution in [-0.2, 0) is 10.0 Å². The number of hydrogen-bond donors (Lipinski definition) is 1. The van der Waals surface area contributed by atoms with E-state index < -0.39 is 32.3 Å². The molecular weight excluding hydrogens is 353 g/mol. The van der Waals surface area contributed by atoms with Crippen LogP contribution in [0.4, 0.5) is 4.39 Å². The van der Waals surface area contributed by atoms with E-state index >= 15 is 0 Å². The minimum atomic E-state index is -4.09. The van der Waals surface area contributed by atoms with Gasteiger partial charge in [-0.1, -0.05) is 22.9 Å². The zero-order valence-electron chi connectivity index (χ0n) is 11.2. The normalized spacial score (nSPS) is 12.2. The number of nitrogens with zero attached hydrogens (tertiary/aromatic N) is 1. The van der Waals surface area contributed by atoms with Gasteiger partial charge >= 0.3 is 5.97 Å². The predicted octanol–water partition coefficient (Wildman–Crippen LogP) is 2.71. The highest BCUT2D eigenvalue weighted by molar-refractivity contribution is 9.10. The van der Waals surface area contributed by atoms with E-state index in [9.17, 15) is 17.6 Å². The molecule has 20 heavy (non-hydrogen) atoms. The first-order valence-corrected chi connectivity index (χ1v) is 8.10. The first kappa shape index (κ1) is 17.1. The van der Waals surface area contributed by atoms with Crippen molar-refractivity contribution in [3.8, 4) is 0 Å². The van der Waals surface area contributed by atoms with Gasteiger partial charge in [-0.2, -0.15) is 4.31 Å². The van der Waals surface area contributed by atoms with Gasteiger partial charge in [0.15, 0.2) is 5.82 Å². The molecule has 5 nitrogen and oxygen atoms in total. The second kappa shape index (κ2) is 6.19. The van der Waals surface area contributed by atoms with Crippen molar-refractivity contribution in [3.63, 3.8) is 0 Å². The standard InChI is InChI=1S/C12H15BrFNO4S/c1-4-15(7(2)3)20(18,19)10-6-8(13)5-9(11(10)14)12(16)17/h5-7H,4H2,1-3H3,(H,16,17). The van der Waals surface area contributed by atoms with Crippen LogP contribution in [0, 0.1) is 5.82 Å². The van der Waals surface area contributed by atoms with Crippen molar-refractivity contribution < 1.29 is 22.7 Å². The van der Waals surface area contributed by atoms with E-state index in [4.69, 9.17) is 5.11 Å². The zero-order valence-corrected chi connectivity index (χ0v) is 13.6. The number of carboxylic acid groups (broad SMARTS) is 1. The summed E-state index contributed by atoms with van der Waals surface area (Å²) < 4.78 is 40.3. The summed E-state index contributed by atoms with van der Waals surface area (Å²) >= 11 is 3.00. The van der Waals surface area contributed by atoms with Gasteiger partial charge in [0.1, 0.15) is 4.90 Å². The van der Waals surface area contributed by atoms with Gasteiger partial charge in [-0.05, 0) is 26.0 Å². The van der Waals surface area contributed by atoms with Crippen molar-refractivity contribution in [2.24, 2.45) is 0 Å². The van der Waals surface area contributed by atoms with Crippen molar-refractivity contribution in [2.75, 3.05) is 6.54 Å².